The smallest absolute Gasteiger partial charge is 0.235 e. The number of fused-ring (bicyclic) bond motifs is 1. The Morgan fingerprint density at radius 1 is 1.52 bits per heavy atom. The Balaban J connectivity index is 1.44. The second kappa shape index (κ2) is 6.76. The molecule has 1 aromatic heterocycles. The van der Waals surface area contributed by atoms with Crippen LogP contribution in [0, 0.1) is 18.8 Å². The molecule has 1 spiro atoms. The predicted molar refractivity (Wildman–Crippen MR) is 96.0 cm³/mol. The highest BCUT2D eigenvalue weighted by atomic mass is 16.5. The average molecular weight is 375 g/mol. The van der Waals surface area contributed by atoms with Gasteiger partial charge < -0.3 is 19.3 Å². The molecular formula is C19H25N3O5. The minimum Gasteiger partial charge on any atom is -0.379 e. The number of amides is 2. The second-order valence-electron chi connectivity index (χ2n) is 7.68. The molecule has 2 saturated heterocycles. The summed E-state index contributed by atoms with van der Waals surface area (Å²) in [6, 6.07) is 1.72. The summed E-state index contributed by atoms with van der Waals surface area (Å²) in [4.78, 5) is 27.4. The number of carbonyl (C=O) groups is 2. The summed E-state index contributed by atoms with van der Waals surface area (Å²) in [5, 5.41) is 6.88. The number of hydrogen-bond acceptors (Lipinski definition) is 6. The van der Waals surface area contributed by atoms with Crippen LogP contribution < -0.4 is 10.2 Å². The van der Waals surface area contributed by atoms with Crippen LogP contribution in [0.4, 0.5) is 5.82 Å². The van der Waals surface area contributed by atoms with Crippen molar-refractivity contribution in [3.63, 3.8) is 0 Å². The van der Waals surface area contributed by atoms with Crippen molar-refractivity contribution in [3.05, 3.63) is 24.0 Å². The van der Waals surface area contributed by atoms with Gasteiger partial charge in [-0.15, -0.1) is 0 Å². The standard InChI is InChI=1S/C19H25N3O5/c1-11(2)25-8-4-7-20-17(23)15-13-5-6-19(26-13)10-22(18(24)16(15)19)14-9-12(3)27-21-14/h5-6,9,11,13,15-16H,4,7-8,10H2,1-3H3,(H,20,23)/t13-,15-,16-,19+/m1/s1. The molecule has 0 unspecified atom stereocenters. The Morgan fingerprint density at radius 2 is 2.33 bits per heavy atom. The molecule has 0 saturated carbocycles. The molecule has 27 heavy (non-hydrogen) atoms. The molecule has 8 heteroatoms. The van der Waals surface area contributed by atoms with E-state index in [-0.39, 0.29) is 24.0 Å². The molecule has 4 rings (SSSR count). The van der Waals surface area contributed by atoms with Crippen LogP contribution in [-0.2, 0) is 19.1 Å². The largest absolute Gasteiger partial charge is 0.379 e. The van der Waals surface area contributed by atoms with Gasteiger partial charge in [0.05, 0.1) is 30.6 Å². The lowest BCUT2D eigenvalue weighted by Crippen LogP contribution is -2.44. The summed E-state index contributed by atoms with van der Waals surface area (Å²) >= 11 is 0. The number of aryl methyl sites for hydroxylation is 1. The summed E-state index contributed by atoms with van der Waals surface area (Å²) in [7, 11) is 0. The highest BCUT2D eigenvalue weighted by molar-refractivity contribution is 6.02. The number of carbonyl (C=O) groups excluding carboxylic acids is 2. The van der Waals surface area contributed by atoms with Crippen LogP contribution in [0.3, 0.4) is 0 Å². The molecular weight excluding hydrogens is 350 g/mol. The van der Waals surface area contributed by atoms with Crippen molar-refractivity contribution in [1.82, 2.24) is 10.5 Å². The monoisotopic (exact) mass is 375 g/mol. The van der Waals surface area contributed by atoms with E-state index in [1.54, 1.807) is 17.9 Å². The van der Waals surface area contributed by atoms with Gasteiger partial charge in [-0.05, 0) is 27.2 Å². The average Bonchev–Trinajstić information content (AvgIpc) is 3.35. The summed E-state index contributed by atoms with van der Waals surface area (Å²) in [6.45, 7) is 7.18. The molecule has 2 bridgehead atoms. The highest BCUT2D eigenvalue weighted by Crippen LogP contribution is 2.52. The first-order chi connectivity index (χ1) is 12.9. The van der Waals surface area contributed by atoms with Gasteiger partial charge in [0.25, 0.3) is 0 Å². The summed E-state index contributed by atoms with van der Waals surface area (Å²) in [5.41, 5.74) is -0.753. The first kappa shape index (κ1) is 18.2. The fourth-order valence-corrected chi connectivity index (χ4v) is 4.19. The van der Waals surface area contributed by atoms with Crippen molar-refractivity contribution in [2.45, 2.75) is 45.0 Å². The lowest BCUT2D eigenvalue weighted by molar-refractivity contribution is -0.132. The fraction of sp³-hybridized carbons (Fsp3) is 0.632. The van der Waals surface area contributed by atoms with Crippen LogP contribution in [0.5, 0.6) is 0 Å². The number of nitrogens with one attached hydrogen (secondary N) is 1. The molecule has 4 heterocycles. The summed E-state index contributed by atoms with van der Waals surface area (Å²) < 4.78 is 16.7. The fourth-order valence-electron chi connectivity index (χ4n) is 4.19. The van der Waals surface area contributed by atoms with Crippen molar-refractivity contribution in [2.75, 3.05) is 24.6 Å². The molecule has 0 aromatic carbocycles. The van der Waals surface area contributed by atoms with E-state index in [9.17, 15) is 9.59 Å². The lowest BCUT2D eigenvalue weighted by atomic mass is 9.77. The van der Waals surface area contributed by atoms with Crippen LogP contribution in [0.2, 0.25) is 0 Å². The third kappa shape index (κ3) is 3.06. The van der Waals surface area contributed by atoms with Gasteiger partial charge in [-0.25, -0.2) is 0 Å². The molecule has 2 amide bonds. The molecule has 0 aliphatic carbocycles. The summed E-state index contributed by atoms with van der Waals surface area (Å²) in [5.74, 6) is -0.244. The Labute approximate surface area is 157 Å². The van der Waals surface area contributed by atoms with E-state index in [1.165, 1.54) is 0 Å². The van der Waals surface area contributed by atoms with E-state index in [0.717, 1.165) is 6.42 Å². The maximum atomic E-state index is 13.1. The number of hydrogen-bond donors (Lipinski definition) is 1. The first-order valence-corrected chi connectivity index (χ1v) is 9.42. The molecule has 0 radical (unpaired) electrons. The lowest BCUT2D eigenvalue weighted by Gasteiger charge is -2.23. The number of anilines is 1. The Morgan fingerprint density at radius 3 is 3.04 bits per heavy atom. The number of rotatable bonds is 7. The second-order valence-corrected chi connectivity index (χ2v) is 7.68. The zero-order chi connectivity index (χ0) is 19.2. The van der Waals surface area contributed by atoms with Crippen molar-refractivity contribution < 1.29 is 23.6 Å². The molecule has 8 nitrogen and oxygen atoms in total. The minimum atomic E-state index is -0.753. The number of nitrogens with zero attached hydrogens (tertiary/aromatic N) is 2. The van der Waals surface area contributed by atoms with Gasteiger partial charge in [0.1, 0.15) is 11.4 Å². The Kier molecular flexibility index (Phi) is 4.55. The first-order valence-electron chi connectivity index (χ1n) is 9.42. The van der Waals surface area contributed by atoms with Crippen LogP contribution in [0.25, 0.3) is 0 Å². The van der Waals surface area contributed by atoms with Gasteiger partial charge in [0, 0.05) is 19.2 Å². The van der Waals surface area contributed by atoms with Crippen molar-refractivity contribution in [2.24, 2.45) is 11.8 Å². The van der Waals surface area contributed by atoms with E-state index in [2.05, 4.69) is 10.5 Å². The van der Waals surface area contributed by atoms with Crippen LogP contribution in [0.1, 0.15) is 26.0 Å². The van der Waals surface area contributed by atoms with Crippen molar-refractivity contribution in [1.29, 1.82) is 0 Å². The van der Waals surface area contributed by atoms with Crippen LogP contribution in [0.15, 0.2) is 22.7 Å². The van der Waals surface area contributed by atoms with E-state index in [4.69, 9.17) is 14.0 Å². The summed E-state index contributed by atoms with van der Waals surface area (Å²) in [6.07, 6.45) is 4.37. The van der Waals surface area contributed by atoms with Gasteiger partial charge in [0.2, 0.25) is 11.8 Å². The van der Waals surface area contributed by atoms with Crippen LogP contribution >= 0.6 is 0 Å². The van der Waals surface area contributed by atoms with Crippen molar-refractivity contribution in [3.8, 4) is 0 Å². The van der Waals surface area contributed by atoms with Gasteiger partial charge in [-0.3, -0.25) is 14.5 Å². The molecule has 3 aliphatic rings. The third-order valence-electron chi connectivity index (χ3n) is 5.37. The molecule has 2 fully saturated rings. The Bertz CT molecular complexity index is 773. The highest BCUT2D eigenvalue weighted by Gasteiger charge is 2.67. The van der Waals surface area contributed by atoms with Crippen LogP contribution in [-0.4, -0.2) is 54.5 Å². The van der Waals surface area contributed by atoms with Gasteiger partial charge >= 0.3 is 0 Å². The normalized spacial score (nSPS) is 31.2. The van der Waals surface area contributed by atoms with E-state index < -0.39 is 17.4 Å². The SMILES string of the molecule is Cc1cc(N2C[C@]34C=C[C@@H](O3)[C@@H](C(=O)NCCCOC(C)C)[C@@H]4C2=O)no1. The topological polar surface area (TPSA) is 93.9 Å². The number of aromatic nitrogens is 1. The molecule has 3 aliphatic heterocycles. The Hall–Kier alpha value is -2.19. The van der Waals surface area contributed by atoms with Crippen molar-refractivity contribution >= 4 is 17.6 Å². The predicted octanol–water partition coefficient (Wildman–Crippen LogP) is 1.20. The zero-order valence-electron chi connectivity index (χ0n) is 15.8. The quantitative estimate of drug-likeness (QED) is 0.569. The van der Waals surface area contributed by atoms with Gasteiger partial charge in [0.15, 0.2) is 5.82 Å². The van der Waals surface area contributed by atoms with E-state index in [1.807, 2.05) is 26.0 Å². The number of ether oxygens (including phenoxy) is 2. The maximum absolute atomic E-state index is 13.1. The third-order valence-corrected chi connectivity index (χ3v) is 5.37. The molecule has 1 aromatic rings. The van der Waals surface area contributed by atoms with Gasteiger partial charge in [-0.2, -0.15) is 0 Å². The molecule has 146 valence electrons. The molecule has 1 N–H and O–H groups in total. The maximum Gasteiger partial charge on any atom is 0.235 e. The van der Waals surface area contributed by atoms with Gasteiger partial charge in [-0.1, -0.05) is 17.3 Å². The minimum absolute atomic E-state index is 0.140. The van der Waals surface area contributed by atoms with E-state index >= 15 is 0 Å². The zero-order valence-corrected chi connectivity index (χ0v) is 15.8. The van der Waals surface area contributed by atoms with E-state index in [0.29, 0.717) is 31.3 Å². The molecule has 4 atom stereocenters.